The molecule has 0 unspecified atom stereocenters. The zero-order valence-corrected chi connectivity index (χ0v) is 20.2. The topological polar surface area (TPSA) is 144 Å². The highest BCUT2D eigenvalue weighted by Crippen LogP contribution is 2.29. The first kappa shape index (κ1) is 26.2. The van der Waals surface area contributed by atoms with Crippen molar-refractivity contribution in [2.24, 2.45) is 5.14 Å². The number of nitrogens with two attached hydrogens (primary N) is 1. The second-order valence-corrected chi connectivity index (χ2v) is 9.20. The Morgan fingerprint density at radius 1 is 1.17 bits per heavy atom. The predicted octanol–water partition coefficient (Wildman–Crippen LogP) is 1.99. The largest absolute Gasteiger partial charge is 0.490 e. The van der Waals surface area contributed by atoms with E-state index in [2.05, 4.69) is 10.2 Å². The normalized spacial score (nSPS) is 14.7. The van der Waals surface area contributed by atoms with E-state index >= 15 is 0 Å². The van der Waals surface area contributed by atoms with Gasteiger partial charge in [-0.1, -0.05) is 6.07 Å². The van der Waals surface area contributed by atoms with Crippen LogP contribution < -0.4 is 19.9 Å². The molecule has 1 saturated heterocycles. The molecule has 1 amide bonds. The summed E-state index contributed by atoms with van der Waals surface area (Å²) in [6.45, 7) is 6.74. The van der Waals surface area contributed by atoms with Crippen molar-refractivity contribution in [3.63, 3.8) is 0 Å². The van der Waals surface area contributed by atoms with Crippen molar-refractivity contribution >= 4 is 27.7 Å². The third-order valence-corrected chi connectivity index (χ3v) is 6.08. The summed E-state index contributed by atoms with van der Waals surface area (Å²) < 4.78 is 39.7. The molecule has 0 aliphatic carbocycles. The third-order valence-electron chi connectivity index (χ3n) is 5.15. The molecular weight excluding hydrogens is 472 g/mol. The molecule has 0 radical (unpaired) electrons. The van der Waals surface area contributed by atoms with Crippen LogP contribution in [-0.2, 0) is 19.6 Å². The first-order chi connectivity index (χ1) is 16.8. The molecule has 1 aliphatic heterocycles. The lowest BCUT2D eigenvalue weighted by Gasteiger charge is -2.26. The molecule has 2 aromatic rings. The fraction of sp³-hybridized carbons (Fsp3) is 0.333. The van der Waals surface area contributed by atoms with Gasteiger partial charge in [0.25, 0.3) is 5.91 Å². The number of carbonyl (C=O) groups excluding carboxylic acids is 1. The highest BCUT2D eigenvalue weighted by Gasteiger charge is 2.14. The van der Waals surface area contributed by atoms with Crippen LogP contribution in [0.1, 0.15) is 12.5 Å². The number of hydrogen-bond donors (Lipinski definition) is 2. The van der Waals surface area contributed by atoms with Crippen LogP contribution in [-0.4, -0.2) is 65.3 Å². The number of nitriles is 1. The lowest BCUT2D eigenvalue weighted by molar-refractivity contribution is -0.112. The van der Waals surface area contributed by atoms with Crippen molar-refractivity contribution in [2.75, 3.05) is 51.4 Å². The summed E-state index contributed by atoms with van der Waals surface area (Å²) in [5.41, 5.74) is 0.775. The van der Waals surface area contributed by atoms with E-state index in [-0.39, 0.29) is 10.5 Å². The molecular formula is C24H28N4O6S. The van der Waals surface area contributed by atoms with Crippen LogP contribution in [0, 0.1) is 11.3 Å². The van der Waals surface area contributed by atoms with Crippen LogP contribution in [0.2, 0.25) is 0 Å². The quantitative estimate of drug-likeness (QED) is 0.372. The van der Waals surface area contributed by atoms with Gasteiger partial charge in [-0.3, -0.25) is 9.69 Å². The number of primary sulfonamides is 1. The predicted molar refractivity (Wildman–Crippen MR) is 130 cm³/mol. The first-order valence-corrected chi connectivity index (χ1v) is 12.6. The van der Waals surface area contributed by atoms with Gasteiger partial charge in [-0.15, -0.1) is 0 Å². The molecule has 1 aliphatic rings. The minimum absolute atomic E-state index is 0.0812. The van der Waals surface area contributed by atoms with Crippen LogP contribution in [0.25, 0.3) is 6.08 Å². The van der Waals surface area contributed by atoms with Gasteiger partial charge in [0.05, 0.1) is 24.7 Å². The number of hydrogen-bond acceptors (Lipinski definition) is 8. The number of sulfonamides is 1. The lowest BCUT2D eigenvalue weighted by atomic mass is 10.1. The Bertz CT molecular complexity index is 1200. The summed E-state index contributed by atoms with van der Waals surface area (Å²) in [5.74, 6) is 0.453. The Balaban J connectivity index is 1.68. The van der Waals surface area contributed by atoms with Crippen LogP contribution in [0.5, 0.6) is 11.5 Å². The number of rotatable bonds is 10. The Labute approximate surface area is 204 Å². The van der Waals surface area contributed by atoms with E-state index in [4.69, 9.17) is 19.3 Å². The van der Waals surface area contributed by atoms with Crippen LogP contribution in [0.15, 0.2) is 52.9 Å². The molecule has 0 aromatic heterocycles. The number of carbonyl (C=O) groups is 1. The minimum Gasteiger partial charge on any atom is -0.490 e. The van der Waals surface area contributed by atoms with Gasteiger partial charge in [0.1, 0.15) is 18.2 Å². The maximum atomic E-state index is 12.6. The van der Waals surface area contributed by atoms with Gasteiger partial charge in [-0.05, 0) is 55.0 Å². The number of nitrogens with one attached hydrogen (secondary N) is 1. The zero-order chi connectivity index (χ0) is 25.3. The van der Waals surface area contributed by atoms with E-state index in [0.29, 0.717) is 36.0 Å². The van der Waals surface area contributed by atoms with Gasteiger partial charge in [0.15, 0.2) is 11.5 Å². The average Bonchev–Trinajstić information content (AvgIpc) is 2.84. The van der Waals surface area contributed by atoms with Crippen LogP contribution in [0.4, 0.5) is 5.69 Å². The van der Waals surface area contributed by atoms with E-state index in [1.54, 1.807) is 18.2 Å². The van der Waals surface area contributed by atoms with Gasteiger partial charge < -0.3 is 19.5 Å². The van der Waals surface area contributed by atoms with Crippen molar-refractivity contribution in [3.05, 3.63) is 53.6 Å². The van der Waals surface area contributed by atoms with Gasteiger partial charge in [-0.25, -0.2) is 13.6 Å². The molecule has 0 spiro atoms. The van der Waals surface area contributed by atoms with Crippen LogP contribution >= 0.6 is 0 Å². The van der Waals surface area contributed by atoms with Crippen molar-refractivity contribution in [3.8, 4) is 17.6 Å². The van der Waals surface area contributed by atoms with Crippen molar-refractivity contribution < 1.29 is 27.4 Å². The highest BCUT2D eigenvalue weighted by molar-refractivity contribution is 7.89. The van der Waals surface area contributed by atoms with Gasteiger partial charge >= 0.3 is 0 Å². The number of anilines is 1. The van der Waals surface area contributed by atoms with Crippen LogP contribution in [0.3, 0.4) is 0 Å². The zero-order valence-electron chi connectivity index (χ0n) is 19.4. The fourth-order valence-electron chi connectivity index (χ4n) is 3.35. The second kappa shape index (κ2) is 12.3. The maximum Gasteiger partial charge on any atom is 0.266 e. The van der Waals surface area contributed by atoms with Crippen molar-refractivity contribution in [1.29, 1.82) is 5.26 Å². The summed E-state index contributed by atoms with van der Waals surface area (Å²) in [7, 11) is -3.84. The van der Waals surface area contributed by atoms with Gasteiger partial charge in [0, 0.05) is 25.3 Å². The van der Waals surface area contributed by atoms with E-state index in [9.17, 15) is 18.5 Å². The number of benzene rings is 2. The Kier molecular flexibility index (Phi) is 9.22. The van der Waals surface area contributed by atoms with Gasteiger partial charge in [-0.2, -0.15) is 5.26 Å². The SMILES string of the molecule is CCOc1cc(/C=C(\C#N)C(=O)Nc2ccc(S(N)(=O)=O)cc2)ccc1OCCN1CCOCC1. The number of amides is 1. The Hall–Kier alpha value is -3.43. The second-order valence-electron chi connectivity index (χ2n) is 7.63. The number of morpholine rings is 1. The number of ether oxygens (including phenoxy) is 3. The lowest BCUT2D eigenvalue weighted by Crippen LogP contribution is -2.38. The molecule has 3 N–H and O–H groups in total. The summed E-state index contributed by atoms with van der Waals surface area (Å²) in [5, 5.41) is 17.2. The standard InChI is InChI=1S/C24H28N4O6S/c1-2-33-23-16-18(3-8-22(23)34-14-11-28-9-12-32-13-10-28)15-19(17-25)24(29)27-20-4-6-21(7-5-20)35(26,30)31/h3-8,15-16H,2,9-14H2,1H3,(H,27,29)(H2,26,30,31)/b19-15+. The molecule has 10 nitrogen and oxygen atoms in total. The van der Waals surface area contributed by atoms with E-state index in [1.165, 1.54) is 30.3 Å². The molecule has 35 heavy (non-hydrogen) atoms. The molecule has 0 saturated carbocycles. The molecule has 11 heteroatoms. The Morgan fingerprint density at radius 2 is 1.89 bits per heavy atom. The summed E-state index contributed by atoms with van der Waals surface area (Å²) in [6, 6.07) is 12.4. The summed E-state index contributed by atoms with van der Waals surface area (Å²) in [4.78, 5) is 14.8. The fourth-order valence-corrected chi connectivity index (χ4v) is 3.87. The number of nitrogens with zero attached hydrogens (tertiary/aromatic N) is 2. The molecule has 0 bridgehead atoms. The van der Waals surface area contributed by atoms with E-state index in [0.717, 1.165) is 32.8 Å². The average molecular weight is 501 g/mol. The van der Waals surface area contributed by atoms with Gasteiger partial charge in [0.2, 0.25) is 10.0 Å². The smallest absolute Gasteiger partial charge is 0.266 e. The highest BCUT2D eigenvalue weighted by atomic mass is 32.2. The summed E-state index contributed by atoms with van der Waals surface area (Å²) >= 11 is 0. The molecule has 0 atom stereocenters. The molecule has 3 rings (SSSR count). The maximum absolute atomic E-state index is 12.6. The molecule has 2 aromatic carbocycles. The minimum atomic E-state index is -3.84. The third kappa shape index (κ3) is 7.80. The summed E-state index contributed by atoms with van der Waals surface area (Å²) in [6.07, 6.45) is 1.44. The molecule has 1 fully saturated rings. The molecule has 1 heterocycles. The van der Waals surface area contributed by atoms with Crippen molar-refractivity contribution in [2.45, 2.75) is 11.8 Å². The van der Waals surface area contributed by atoms with E-state index < -0.39 is 15.9 Å². The van der Waals surface area contributed by atoms with E-state index in [1.807, 2.05) is 13.0 Å². The Morgan fingerprint density at radius 3 is 2.51 bits per heavy atom. The first-order valence-electron chi connectivity index (χ1n) is 11.1. The monoisotopic (exact) mass is 500 g/mol. The van der Waals surface area contributed by atoms with Crippen molar-refractivity contribution in [1.82, 2.24) is 4.90 Å². The molecule has 186 valence electrons.